The first kappa shape index (κ1) is 24.3. The molecule has 0 spiro atoms. The predicted molar refractivity (Wildman–Crippen MR) is 122 cm³/mol. The summed E-state index contributed by atoms with van der Waals surface area (Å²) in [6.07, 6.45) is 3.12. The Morgan fingerprint density at radius 1 is 1.21 bits per heavy atom. The first-order valence-corrected chi connectivity index (χ1v) is 12.0. The molecule has 0 unspecified atom stereocenters. The van der Waals surface area contributed by atoms with Crippen LogP contribution in [-0.2, 0) is 14.1 Å². The average Bonchev–Trinajstić information content (AvgIpc) is 3.10. The zero-order chi connectivity index (χ0) is 24.1. The number of hydrogen-bond acceptors (Lipinski definition) is 4. The molecule has 33 heavy (non-hydrogen) atoms. The number of amides is 1. The van der Waals surface area contributed by atoms with E-state index in [-0.39, 0.29) is 41.7 Å². The summed E-state index contributed by atoms with van der Waals surface area (Å²) in [4.78, 5) is 25.0. The standard InChI is InChI=1S/C25H34BF2NO4/c1-14(2)9-16(12-17(30)13-29-23(31)18-7-6-8-19(27)22(18)28)26-32-21-11-15-10-20(24(15,3)4)25(21,5)33-26/h6-8,14-16,20-21H,9-13H2,1-5H3,(H,29,31)/t15-,16-,20-,21-,25+/m1/s1. The number of hydrogen-bond donors (Lipinski definition) is 1. The number of carbonyl (C=O) groups is 2. The number of halogens is 2. The van der Waals surface area contributed by atoms with Crippen LogP contribution in [0.1, 0.15) is 70.7 Å². The normalized spacial score (nSPS) is 30.5. The zero-order valence-electron chi connectivity index (χ0n) is 20.1. The van der Waals surface area contributed by atoms with E-state index in [1.807, 2.05) is 0 Å². The highest BCUT2D eigenvalue weighted by atomic mass is 19.2. The number of nitrogens with one attached hydrogen (secondary N) is 1. The molecule has 1 heterocycles. The number of rotatable bonds is 8. The van der Waals surface area contributed by atoms with E-state index in [9.17, 15) is 18.4 Å². The Kier molecular flexibility index (Phi) is 6.47. The third-order valence-electron chi connectivity index (χ3n) is 8.26. The van der Waals surface area contributed by atoms with Crippen LogP contribution in [-0.4, -0.2) is 37.1 Å². The lowest BCUT2D eigenvalue weighted by molar-refractivity contribution is -0.199. The van der Waals surface area contributed by atoms with E-state index < -0.39 is 30.2 Å². The molecule has 1 aromatic carbocycles. The number of carbonyl (C=O) groups excluding carboxylic acids is 2. The Hall–Kier alpha value is -1.80. The van der Waals surface area contributed by atoms with Crippen LogP contribution in [0.4, 0.5) is 8.78 Å². The quantitative estimate of drug-likeness (QED) is 0.565. The number of benzene rings is 1. The molecule has 3 saturated carbocycles. The maximum atomic E-state index is 13.9. The van der Waals surface area contributed by atoms with Crippen LogP contribution in [0.25, 0.3) is 0 Å². The summed E-state index contributed by atoms with van der Waals surface area (Å²) < 4.78 is 40.2. The first-order chi connectivity index (χ1) is 15.4. The third-order valence-corrected chi connectivity index (χ3v) is 8.26. The van der Waals surface area contributed by atoms with Gasteiger partial charge < -0.3 is 14.6 Å². The zero-order valence-corrected chi connectivity index (χ0v) is 20.1. The van der Waals surface area contributed by atoms with Gasteiger partial charge in [-0.2, -0.15) is 0 Å². The number of Topliss-reactive ketones (excluding diaryl/α,β-unsaturated/α-hetero) is 1. The van der Waals surface area contributed by atoms with Crippen LogP contribution < -0.4 is 5.32 Å². The van der Waals surface area contributed by atoms with Gasteiger partial charge in [-0.15, -0.1) is 0 Å². The fourth-order valence-electron chi connectivity index (χ4n) is 6.32. The van der Waals surface area contributed by atoms with Gasteiger partial charge in [0.05, 0.1) is 23.8 Å². The Morgan fingerprint density at radius 2 is 1.94 bits per heavy atom. The lowest BCUT2D eigenvalue weighted by Crippen LogP contribution is -2.65. The molecule has 0 aromatic heterocycles. The van der Waals surface area contributed by atoms with Gasteiger partial charge in [0.2, 0.25) is 0 Å². The molecule has 5 nitrogen and oxygen atoms in total. The van der Waals surface area contributed by atoms with Crippen LogP contribution in [0.3, 0.4) is 0 Å². The van der Waals surface area contributed by atoms with Gasteiger partial charge in [-0.25, -0.2) is 8.78 Å². The van der Waals surface area contributed by atoms with Gasteiger partial charge in [0.15, 0.2) is 17.4 Å². The van der Waals surface area contributed by atoms with E-state index in [0.717, 1.165) is 25.3 Å². The monoisotopic (exact) mass is 461 g/mol. The topological polar surface area (TPSA) is 64.6 Å². The largest absolute Gasteiger partial charge is 0.461 e. The van der Waals surface area contributed by atoms with E-state index in [2.05, 4.69) is 39.9 Å². The summed E-state index contributed by atoms with van der Waals surface area (Å²) in [6.45, 7) is 10.7. The van der Waals surface area contributed by atoms with Crippen LogP contribution in [0.2, 0.25) is 5.82 Å². The maximum absolute atomic E-state index is 13.9. The second kappa shape index (κ2) is 8.77. The highest BCUT2D eigenvalue weighted by molar-refractivity contribution is 6.47. The Morgan fingerprint density at radius 3 is 2.61 bits per heavy atom. The lowest BCUT2D eigenvalue weighted by atomic mass is 9.43. The molecule has 1 amide bonds. The van der Waals surface area contributed by atoms with Crippen LogP contribution in [0.5, 0.6) is 0 Å². The fourth-order valence-corrected chi connectivity index (χ4v) is 6.32. The van der Waals surface area contributed by atoms with Crippen molar-refractivity contribution in [3.05, 3.63) is 35.4 Å². The van der Waals surface area contributed by atoms with Gasteiger partial charge in [-0.3, -0.25) is 9.59 Å². The molecule has 3 aliphatic carbocycles. The molecule has 180 valence electrons. The Labute approximate surface area is 195 Å². The summed E-state index contributed by atoms with van der Waals surface area (Å²) >= 11 is 0. The molecule has 1 N–H and O–H groups in total. The van der Waals surface area contributed by atoms with Crippen molar-refractivity contribution in [3.63, 3.8) is 0 Å². The van der Waals surface area contributed by atoms with Crippen LogP contribution in [0.15, 0.2) is 18.2 Å². The molecule has 1 saturated heterocycles. The minimum atomic E-state index is -1.22. The summed E-state index contributed by atoms with van der Waals surface area (Å²) in [5.41, 5.74) is -0.518. The van der Waals surface area contributed by atoms with Gasteiger partial charge in [-0.1, -0.05) is 33.8 Å². The molecule has 5 atom stereocenters. The van der Waals surface area contributed by atoms with Crippen molar-refractivity contribution < 1.29 is 27.7 Å². The smallest absolute Gasteiger partial charge is 0.405 e. The average molecular weight is 461 g/mol. The van der Waals surface area contributed by atoms with Gasteiger partial charge in [-0.05, 0) is 61.5 Å². The van der Waals surface area contributed by atoms with E-state index >= 15 is 0 Å². The van der Waals surface area contributed by atoms with Crippen LogP contribution in [0, 0.1) is 34.8 Å². The highest BCUT2D eigenvalue weighted by Crippen LogP contribution is 2.66. The molecule has 4 fully saturated rings. The van der Waals surface area contributed by atoms with E-state index in [1.165, 1.54) is 12.1 Å². The molecule has 0 radical (unpaired) electrons. The summed E-state index contributed by atoms with van der Waals surface area (Å²) in [5, 5.41) is 2.42. The van der Waals surface area contributed by atoms with Gasteiger partial charge in [0.1, 0.15) is 0 Å². The Balaban J connectivity index is 1.39. The first-order valence-electron chi connectivity index (χ1n) is 12.0. The molecule has 5 rings (SSSR count). The summed E-state index contributed by atoms with van der Waals surface area (Å²) in [6, 6.07) is 3.39. The number of ketones is 1. The maximum Gasteiger partial charge on any atom is 0.461 e. The van der Waals surface area contributed by atoms with Gasteiger partial charge >= 0.3 is 7.12 Å². The van der Waals surface area contributed by atoms with Crippen LogP contribution >= 0.6 is 0 Å². The van der Waals surface area contributed by atoms with Crippen molar-refractivity contribution in [2.24, 2.45) is 23.2 Å². The van der Waals surface area contributed by atoms with Gasteiger partial charge in [0.25, 0.3) is 5.91 Å². The molecule has 1 aliphatic heterocycles. The third kappa shape index (κ3) is 4.36. The van der Waals surface area contributed by atoms with E-state index in [1.54, 1.807) is 0 Å². The highest BCUT2D eigenvalue weighted by Gasteiger charge is 2.68. The molecule has 4 aliphatic rings. The summed E-state index contributed by atoms with van der Waals surface area (Å²) in [5.74, 6) is -2.03. The van der Waals surface area contributed by atoms with Crippen molar-refractivity contribution in [2.75, 3.05) is 6.54 Å². The van der Waals surface area contributed by atoms with Crippen molar-refractivity contribution in [1.82, 2.24) is 5.32 Å². The van der Waals surface area contributed by atoms with Crippen molar-refractivity contribution in [2.45, 2.75) is 77.8 Å². The minimum Gasteiger partial charge on any atom is -0.405 e. The van der Waals surface area contributed by atoms with Gasteiger partial charge in [0, 0.05) is 12.2 Å². The SMILES string of the molecule is CC(C)C[C@H](CC(=O)CNC(=O)c1cccc(F)c1F)B1O[C@@H]2C[C@H]3C[C@H](C3(C)C)[C@]2(C)O1. The molecule has 1 aromatic rings. The Bertz CT molecular complexity index is 939. The molecular formula is C25H34BF2NO4. The van der Waals surface area contributed by atoms with Crippen molar-refractivity contribution in [1.29, 1.82) is 0 Å². The predicted octanol–water partition coefficient (Wildman–Crippen LogP) is 4.80. The van der Waals surface area contributed by atoms with Crippen molar-refractivity contribution in [3.8, 4) is 0 Å². The minimum absolute atomic E-state index is 0.0414. The molecule has 2 bridgehead atoms. The summed E-state index contributed by atoms with van der Waals surface area (Å²) in [7, 11) is -0.460. The fraction of sp³-hybridized carbons (Fsp3) is 0.680. The van der Waals surface area contributed by atoms with E-state index in [4.69, 9.17) is 9.31 Å². The lowest BCUT2D eigenvalue weighted by Gasteiger charge is -2.64. The second-order valence-corrected chi connectivity index (χ2v) is 11.3. The second-order valence-electron chi connectivity index (χ2n) is 11.3. The van der Waals surface area contributed by atoms with Crippen molar-refractivity contribution >= 4 is 18.8 Å². The molecular weight excluding hydrogens is 427 g/mol. The molecule has 8 heteroatoms. The van der Waals surface area contributed by atoms with E-state index in [0.29, 0.717) is 17.8 Å².